The van der Waals surface area contributed by atoms with E-state index >= 15 is 0 Å². The Morgan fingerprint density at radius 3 is 2.54 bits per heavy atom. The fourth-order valence-corrected chi connectivity index (χ4v) is 2.78. The highest BCUT2D eigenvalue weighted by Crippen LogP contribution is 2.09. The van der Waals surface area contributed by atoms with Crippen molar-refractivity contribution < 1.29 is 9.90 Å². The maximum Gasteiger partial charge on any atom is 0.262 e. The van der Waals surface area contributed by atoms with Gasteiger partial charge in [-0.05, 0) is 17.5 Å². The number of H-pyrrole nitrogens is 1. The molecule has 1 aliphatic heterocycles. The van der Waals surface area contributed by atoms with Gasteiger partial charge in [0.2, 0.25) is 11.3 Å². The van der Waals surface area contributed by atoms with Gasteiger partial charge in [-0.15, -0.1) is 0 Å². The number of amides is 1. The Kier molecular flexibility index (Phi) is 3.53. The lowest BCUT2D eigenvalue weighted by atomic mass is 10.0. The van der Waals surface area contributed by atoms with E-state index in [4.69, 9.17) is 11.5 Å². The van der Waals surface area contributed by atoms with Gasteiger partial charge in [-0.1, -0.05) is 12.1 Å². The predicted octanol–water partition coefficient (Wildman–Crippen LogP) is -2.00. The number of nitrogens with one attached hydrogen (secondary N) is 1. The fraction of sp³-hybridized carbons (Fsp3) is 0.125. The molecule has 1 aromatic rings. The third-order valence-electron chi connectivity index (χ3n) is 3.87. The third-order valence-corrected chi connectivity index (χ3v) is 3.87. The zero-order valence-electron chi connectivity index (χ0n) is 12.3. The summed E-state index contributed by atoms with van der Waals surface area (Å²) in [6.45, 7) is 0. The molecule has 8 nitrogen and oxygen atoms in total. The van der Waals surface area contributed by atoms with E-state index in [0.717, 1.165) is 0 Å². The first-order chi connectivity index (χ1) is 11.3. The Labute approximate surface area is 133 Å². The van der Waals surface area contributed by atoms with E-state index in [0.29, 0.717) is 5.39 Å². The van der Waals surface area contributed by atoms with Crippen molar-refractivity contribution in [2.24, 2.45) is 11.5 Å². The molecule has 0 saturated carbocycles. The van der Waals surface area contributed by atoms with E-state index in [9.17, 15) is 24.3 Å². The highest BCUT2D eigenvalue weighted by atomic mass is 16.3. The number of aliphatic hydroxyl groups excluding tert-OH is 1. The molecule has 1 atom stereocenters. The lowest BCUT2D eigenvalue weighted by molar-refractivity contribution is -0.118. The number of nitrogens with two attached hydrogens (primary N) is 2. The van der Waals surface area contributed by atoms with Crippen molar-refractivity contribution in [3.05, 3.63) is 70.9 Å². The Balaban J connectivity index is 2.58. The summed E-state index contributed by atoms with van der Waals surface area (Å²) in [4.78, 5) is 49.6. The van der Waals surface area contributed by atoms with Crippen LogP contribution in [0.25, 0.3) is 16.5 Å². The van der Waals surface area contributed by atoms with Crippen molar-refractivity contribution >= 4 is 22.4 Å². The van der Waals surface area contributed by atoms with Crippen molar-refractivity contribution in [2.75, 3.05) is 0 Å². The minimum Gasteiger partial charge on any atom is -0.510 e. The van der Waals surface area contributed by atoms with Crippen LogP contribution in [-0.2, 0) is 4.79 Å². The Morgan fingerprint density at radius 2 is 1.88 bits per heavy atom. The van der Waals surface area contributed by atoms with Crippen LogP contribution in [0, 0.1) is 10.4 Å². The number of rotatable bonds is 3. The number of benzene rings is 1. The molecule has 0 spiro atoms. The number of hydrogen-bond acceptors (Lipinski definition) is 6. The van der Waals surface area contributed by atoms with Crippen LogP contribution in [0.1, 0.15) is 6.42 Å². The van der Waals surface area contributed by atoms with E-state index in [1.165, 1.54) is 12.1 Å². The van der Waals surface area contributed by atoms with Gasteiger partial charge in [0.05, 0.1) is 16.5 Å². The Morgan fingerprint density at radius 1 is 1.17 bits per heavy atom. The van der Waals surface area contributed by atoms with E-state index in [2.05, 4.69) is 4.98 Å². The molecule has 0 radical (unpaired) electrons. The molecule has 1 heterocycles. The van der Waals surface area contributed by atoms with Crippen molar-refractivity contribution in [3.8, 4) is 0 Å². The van der Waals surface area contributed by atoms with Crippen LogP contribution in [-0.4, -0.2) is 22.0 Å². The molecule has 24 heavy (non-hydrogen) atoms. The quantitative estimate of drug-likeness (QED) is 0.436. The smallest absolute Gasteiger partial charge is 0.262 e. The van der Waals surface area contributed by atoms with E-state index in [1.807, 2.05) is 0 Å². The number of aromatic amines is 1. The molecule has 0 fully saturated rings. The van der Waals surface area contributed by atoms with Gasteiger partial charge >= 0.3 is 0 Å². The van der Waals surface area contributed by atoms with Gasteiger partial charge in [-0.3, -0.25) is 24.2 Å². The molecule has 122 valence electrons. The van der Waals surface area contributed by atoms with Gasteiger partial charge in [0.1, 0.15) is 5.76 Å². The minimum atomic E-state index is -1.17. The van der Waals surface area contributed by atoms with Gasteiger partial charge in [0.25, 0.3) is 11.1 Å². The molecule has 8 heteroatoms. The summed E-state index contributed by atoms with van der Waals surface area (Å²) in [5.74, 6) is -1.28. The molecule has 1 aromatic carbocycles. The van der Waals surface area contributed by atoms with Crippen LogP contribution in [0.4, 0.5) is 0 Å². The van der Waals surface area contributed by atoms with Crippen molar-refractivity contribution in [2.45, 2.75) is 12.5 Å². The number of hydrogen-bond donors (Lipinski definition) is 4. The minimum absolute atomic E-state index is 0.201. The average Bonchev–Trinajstić information content (AvgIpc) is 2.51. The molecule has 0 bridgehead atoms. The van der Waals surface area contributed by atoms with Gasteiger partial charge in [-0.2, -0.15) is 0 Å². The first kappa shape index (κ1) is 15.6. The molecule has 2 aliphatic rings. The molecular weight excluding hydrogens is 314 g/mol. The maximum absolute atomic E-state index is 12.6. The number of aliphatic hydroxyl groups is 1. The van der Waals surface area contributed by atoms with Gasteiger partial charge in [0.15, 0.2) is 0 Å². The lowest BCUT2D eigenvalue weighted by Crippen LogP contribution is -2.39. The maximum atomic E-state index is 12.6. The van der Waals surface area contributed by atoms with Crippen LogP contribution in [0.15, 0.2) is 38.6 Å². The fourth-order valence-electron chi connectivity index (χ4n) is 2.78. The second-order valence-corrected chi connectivity index (χ2v) is 5.48. The largest absolute Gasteiger partial charge is 0.510 e. The van der Waals surface area contributed by atoms with Crippen LogP contribution >= 0.6 is 0 Å². The summed E-state index contributed by atoms with van der Waals surface area (Å²) < 4.78 is 0. The molecule has 3 rings (SSSR count). The zero-order valence-corrected chi connectivity index (χ0v) is 12.3. The molecule has 6 N–H and O–H groups in total. The highest BCUT2D eigenvalue weighted by Gasteiger charge is 2.16. The van der Waals surface area contributed by atoms with Crippen molar-refractivity contribution in [3.63, 3.8) is 0 Å². The topological polar surface area (TPSA) is 156 Å². The summed E-state index contributed by atoms with van der Waals surface area (Å²) >= 11 is 0. The molecule has 1 amide bonds. The molecule has 0 saturated heterocycles. The number of aromatic nitrogens is 1. The van der Waals surface area contributed by atoms with Gasteiger partial charge in [0, 0.05) is 17.0 Å². The van der Waals surface area contributed by atoms with Crippen molar-refractivity contribution in [1.29, 1.82) is 0 Å². The summed E-state index contributed by atoms with van der Waals surface area (Å²) in [5.41, 5.74) is 8.51. The Bertz CT molecular complexity index is 1250. The highest BCUT2D eigenvalue weighted by molar-refractivity contribution is 5.76. The van der Waals surface area contributed by atoms with E-state index < -0.39 is 34.3 Å². The molecule has 0 aromatic heterocycles. The summed E-state index contributed by atoms with van der Waals surface area (Å²) in [6.07, 6.45) is -0.358. The van der Waals surface area contributed by atoms with Gasteiger partial charge in [-0.25, -0.2) is 0 Å². The summed E-state index contributed by atoms with van der Waals surface area (Å²) in [6, 6.07) is 4.86. The molecule has 0 unspecified atom stereocenters. The first-order valence-corrected chi connectivity index (χ1v) is 7.03. The SMILES string of the molecule is NC(=O)C[C@H](N)C(O)=c1cc2cccc3c(=O)[nH]c(=O)c(c1=O)=c23. The lowest BCUT2D eigenvalue weighted by Gasteiger charge is -2.08. The summed E-state index contributed by atoms with van der Waals surface area (Å²) in [7, 11) is 0. The third kappa shape index (κ3) is 2.29. The number of carbonyl (C=O) groups is 1. The van der Waals surface area contributed by atoms with Crippen LogP contribution in [0.5, 0.6) is 0 Å². The van der Waals surface area contributed by atoms with E-state index in [-0.39, 0.29) is 27.5 Å². The average molecular weight is 327 g/mol. The van der Waals surface area contributed by atoms with Gasteiger partial charge < -0.3 is 16.6 Å². The summed E-state index contributed by atoms with van der Waals surface area (Å²) in [5, 5.41) is 10.6. The van der Waals surface area contributed by atoms with Crippen molar-refractivity contribution in [1.82, 2.24) is 4.98 Å². The second-order valence-electron chi connectivity index (χ2n) is 5.48. The normalized spacial score (nSPS) is 14.0. The van der Waals surface area contributed by atoms with Crippen LogP contribution in [0.3, 0.4) is 0 Å². The molecule has 1 aliphatic carbocycles. The Hall–Kier alpha value is -3.26. The second kappa shape index (κ2) is 5.43. The first-order valence-electron chi connectivity index (χ1n) is 7.03. The number of carbonyl (C=O) groups excluding carboxylic acids is 1. The standard InChI is InChI=1S/C16H13N3O5/c17-9(5-10(18)20)13(21)8-4-6-2-1-3-7-11(6)12(14(8)22)16(24)19-15(7)23/h1-4,9,21H,5,17H2,(H2,18,20)(H,19,23,24)/t9-/m0/s1. The van der Waals surface area contributed by atoms with Crippen LogP contribution in [0.2, 0.25) is 0 Å². The predicted molar refractivity (Wildman–Crippen MR) is 86.6 cm³/mol. The van der Waals surface area contributed by atoms with Crippen LogP contribution < -0.4 is 33.2 Å². The molecular formula is C16H13N3O5. The van der Waals surface area contributed by atoms with E-state index in [1.54, 1.807) is 12.1 Å². The zero-order chi connectivity index (χ0) is 17.6. The monoisotopic (exact) mass is 327 g/mol. The number of primary amides is 1.